The quantitative estimate of drug-likeness (QED) is 0.432. The van der Waals surface area contributed by atoms with Gasteiger partial charge in [0, 0.05) is 18.6 Å². The molecule has 122 valence electrons. The predicted molar refractivity (Wildman–Crippen MR) is 80.9 cm³/mol. The van der Waals surface area contributed by atoms with Crippen LogP contribution in [0.3, 0.4) is 0 Å². The molecule has 0 bridgehead atoms. The average molecular weight is 310 g/mol. The maximum atomic E-state index is 11.2. The van der Waals surface area contributed by atoms with Crippen LogP contribution < -0.4 is 0 Å². The van der Waals surface area contributed by atoms with Crippen molar-refractivity contribution in [1.29, 1.82) is 0 Å². The van der Waals surface area contributed by atoms with Crippen molar-refractivity contribution in [2.24, 2.45) is 5.41 Å². The Morgan fingerprint density at radius 1 is 0.955 bits per heavy atom. The van der Waals surface area contributed by atoms with Crippen LogP contribution in [-0.2, 0) is 23.9 Å². The second-order valence-corrected chi connectivity index (χ2v) is 4.81. The Morgan fingerprint density at radius 3 is 1.82 bits per heavy atom. The first kappa shape index (κ1) is 19.8. The van der Waals surface area contributed by atoms with Crippen molar-refractivity contribution in [3.63, 3.8) is 0 Å². The topological polar surface area (TPSA) is 89.9 Å². The largest absolute Gasteiger partial charge is 0.462 e. The summed E-state index contributed by atoms with van der Waals surface area (Å²) in [4.78, 5) is 33.6. The second-order valence-electron chi connectivity index (χ2n) is 4.81. The lowest BCUT2D eigenvalue weighted by Crippen LogP contribution is -2.37. The lowest BCUT2D eigenvalue weighted by Gasteiger charge is -2.30. The van der Waals surface area contributed by atoms with Crippen molar-refractivity contribution in [2.75, 3.05) is 19.8 Å². The molecular formula is C16H22O6. The van der Waals surface area contributed by atoms with Crippen LogP contribution in [0, 0.1) is 5.41 Å². The Balaban J connectivity index is 4.79. The first-order valence-corrected chi connectivity index (χ1v) is 6.77. The fourth-order valence-corrected chi connectivity index (χ4v) is 1.66. The van der Waals surface area contributed by atoms with E-state index in [2.05, 4.69) is 19.7 Å². The SMILES string of the molecule is C=CC(=O)CCCC(CO)(COC(=O)C=C)COC(=O)C=C. The van der Waals surface area contributed by atoms with E-state index in [1.807, 2.05) is 0 Å². The zero-order valence-corrected chi connectivity index (χ0v) is 12.6. The van der Waals surface area contributed by atoms with E-state index < -0.39 is 17.4 Å². The molecule has 0 spiro atoms. The lowest BCUT2D eigenvalue weighted by atomic mass is 9.84. The molecule has 0 aromatic rings. The highest BCUT2D eigenvalue weighted by molar-refractivity contribution is 5.88. The summed E-state index contributed by atoms with van der Waals surface area (Å²) in [6.45, 7) is 9.26. The molecule has 1 N–H and O–H groups in total. The first-order chi connectivity index (χ1) is 10.4. The molecule has 0 amide bonds. The minimum absolute atomic E-state index is 0.127. The molecule has 22 heavy (non-hydrogen) atoms. The van der Waals surface area contributed by atoms with Gasteiger partial charge in [-0.25, -0.2) is 9.59 Å². The van der Waals surface area contributed by atoms with Crippen LogP contribution in [0.5, 0.6) is 0 Å². The molecular weight excluding hydrogens is 288 g/mol. The third kappa shape index (κ3) is 7.54. The van der Waals surface area contributed by atoms with E-state index in [9.17, 15) is 19.5 Å². The molecule has 6 heteroatoms. The van der Waals surface area contributed by atoms with E-state index in [4.69, 9.17) is 9.47 Å². The number of aliphatic hydroxyl groups excluding tert-OH is 1. The number of ether oxygens (including phenoxy) is 2. The summed E-state index contributed by atoms with van der Waals surface area (Å²) >= 11 is 0. The summed E-state index contributed by atoms with van der Waals surface area (Å²) in [5.74, 6) is -1.41. The molecule has 0 rings (SSSR count). The standard InChI is InChI=1S/C16H22O6/c1-4-13(18)8-7-9-16(10-17,11-21-14(19)5-2)12-22-15(20)6-3/h4-6,17H,1-3,7-12H2. The predicted octanol–water partition coefficient (Wildman–Crippen LogP) is 1.35. The van der Waals surface area contributed by atoms with Gasteiger partial charge in [0.1, 0.15) is 13.2 Å². The van der Waals surface area contributed by atoms with Gasteiger partial charge >= 0.3 is 11.9 Å². The van der Waals surface area contributed by atoms with Crippen molar-refractivity contribution < 1.29 is 29.0 Å². The van der Waals surface area contributed by atoms with Crippen LogP contribution in [0.2, 0.25) is 0 Å². The van der Waals surface area contributed by atoms with Gasteiger partial charge in [0.05, 0.1) is 12.0 Å². The van der Waals surface area contributed by atoms with Gasteiger partial charge in [-0.15, -0.1) is 0 Å². The summed E-state index contributed by atoms with van der Waals surface area (Å²) in [5, 5.41) is 9.63. The van der Waals surface area contributed by atoms with E-state index in [0.717, 1.165) is 12.2 Å². The van der Waals surface area contributed by atoms with Gasteiger partial charge in [0.25, 0.3) is 0 Å². The third-order valence-corrected chi connectivity index (χ3v) is 3.07. The number of carbonyl (C=O) groups is 3. The number of allylic oxidation sites excluding steroid dienone is 1. The van der Waals surface area contributed by atoms with Crippen LogP contribution in [0.4, 0.5) is 0 Å². The van der Waals surface area contributed by atoms with E-state index >= 15 is 0 Å². The molecule has 0 aliphatic rings. The molecule has 0 heterocycles. The van der Waals surface area contributed by atoms with E-state index in [1.165, 1.54) is 6.08 Å². The molecule has 0 aliphatic heterocycles. The second kappa shape index (κ2) is 10.5. The molecule has 0 atom stereocenters. The van der Waals surface area contributed by atoms with Gasteiger partial charge in [0.15, 0.2) is 5.78 Å². The highest BCUT2D eigenvalue weighted by Crippen LogP contribution is 2.26. The summed E-state index contributed by atoms with van der Waals surface area (Å²) in [6, 6.07) is 0. The van der Waals surface area contributed by atoms with Crippen molar-refractivity contribution >= 4 is 17.7 Å². The highest BCUT2D eigenvalue weighted by atomic mass is 16.5. The van der Waals surface area contributed by atoms with Crippen LogP contribution in [0.1, 0.15) is 19.3 Å². The molecule has 0 aliphatic carbocycles. The van der Waals surface area contributed by atoms with Crippen molar-refractivity contribution in [2.45, 2.75) is 19.3 Å². The zero-order chi connectivity index (χ0) is 17.0. The van der Waals surface area contributed by atoms with Gasteiger partial charge < -0.3 is 14.6 Å². The summed E-state index contributed by atoms with van der Waals surface area (Å²) in [7, 11) is 0. The fourth-order valence-electron chi connectivity index (χ4n) is 1.66. The van der Waals surface area contributed by atoms with Crippen LogP contribution in [-0.4, -0.2) is 42.6 Å². The van der Waals surface area contributed by atoms with Gasteiger partial charge in [-0.2, -0.15) is 0 Å². The third-order valence-electron chi connectivity index (χ3n) is 3.07. The van der Waals surface area contributed by atoms with Gasteiger partial charge in [-0.05, 0) is 18.9 Å². The molecule has 6 nitrogen and oxygen atoms in total. The van der Waals surface area contributed by atoms with Crippen LogP contribution in [0.15, 0.2) is 38.0 Å². The number of esters is 2. The molecule has 0 aromatic heterocycles. The van der Waals surface area contributed by atoms with Gasteiger partial charge in [-0.1, -0.05) is 19.7 Å². The normalized spacial score (nSPS) is 10.4. The maximum absolute atomic E-state index is 11.2. The number of carbonyl (C=O) groups excluding carboxylic acids is 3. The van der Waals surface area contributed by atoms with Gasteiger partial charge in [-0.3, -0.25) is 4.79 Å². The molecule has 0 unspecified atom stereocenters. The lowest BCUT2D eigenvalue weighted by molar-refractivity contribution is -0.151. The molecule has 0 aromatic carbocycles. The summed E-state index contributed by atoms with van der Waals surface area (Å²) in [6.07, 6.45) is 4.23. The Morgan fingerprint density at radius 2 is 1.45 bits per heavy atom. The number of aliphatic hydroxyl groups is 1. The Labute approximate surface area is 130 Å². The highest BCUT2D eigenvalue weighted by Gasteiger charge is 2.32. The number of rotatable bonds is 12. The van der Waals surface area contributed by atoms with E-state index in [0.29, 0.717) is 12.8 Å². The van der Waals surface area contributed by atoms with E-state index in [-0.39, 0.29) is 32.0 Å². The molecule has 0 radical (unpaired) electrons. The molecule has 0 saturated heterocycles. The number of hydrogen-bond donors (Lipinski definition) is 1. The first-order valence-electron chi connectivity index (χ1n) is 6.77. The van der Waals surface area contributed by atoms with Crippen LogP contribution in [0.25, 0.3) is 0 Å². The summed E-state index contributed by atoms with van der Waals surface area (Å²) in [5.41, 5.74) is -0.973. The van der Waals surface area contributed by atoms with Crippen molar-refractivity contribution in [3.05, 3.63) is 38.0 Å². The number of ketones is 1. The maximum Gasteiger partial charge on any atom is 0.330 e. The van der Waals surface area contributed by atoms with E-state index in [1.54, 1.807) is 0 Å². The Bertz CT molecular complexity index is 414. The minimum Gasteiger partial charge on any atom is -0.462 e. The summed E-state index contributed by atoms with van der Waals surface area (Å²) < 4.78 is 9.92. The Kier molecular flexibility index (Phi) is 9.45. The number of hydrogen-bond acceptors (Lipinski definition) is 6. The fraction of sp³-hybridized carbons (Fsp3) is 0.438. The van der Waals surface area contributed by atoms with Crippen molar-refractivity contribution in [3.8, 4) is 0 Å². The van der Waals surface area contributed by atoms with Crippen LogP contribution >= 0.6 is 0 Å². The smallest absolute Gasteiger partial charge is 0.330 e. The van der Waals surface area contributed by atoms with Gasteiger partial charge in [0.2, 0.25) is 0 Å². The van der Waals surface area contributed by atoms with Crippen molar-refractivity contribution in [1.82, 2.24) is 0 Å². The molecule has 0 fully saturated rings. The zero-order valence-electron chi connectivity index (χ0n) is 12.6. The minimum atomic E-state index is -0.973. The Hall–Kier alpha value is -2.21. The molecule has 0 saturated carbocycles. The average Bonchev–Trinajstić information content (AvgIpc) is 2.55. The monoisotopic (exact) mass is 310 g/mol.